The van der Waals surface area contributed by atoms with Crippen LogP contribution >= 0.6 is 0 Å². The van der Waals surface area contributed by atoms with Gasteiger partial charge in [0.2, 0.25) is 0 Å². The molecule has 3 aliphatic rings. The molecule has 1 aromatic heterocycles. The second-order valence-corrected chi connectivity index (χ2v) is 14.8. The smallest absolute Gasteiger partial charge is 0.259 e. The van der Waals surface area contributed by atoms with Gasteiger partial charge in [-0.05, 0) is 86.4 Å². The van der Waals surface area contributed by atoms with Gasteiger partial charge in [0.05, 0.1) is 13.0 Å². The third-order valence-electron chi connectivity index (χ3n) is 11.8. The lowest BCUT2D eigenvalue weighted by molar-refractivity contribution is -0.274. The van der Waals surface area contributed by atoms with Gasteiger partial charge in [-0.2, -0.15) is 5.10 Å². The summed E-state index contributed by atoms with van der Waals surface area (Å²) in [7, 11) is 1.53. The topological polar surface area (TPSA) is 64.4 Å². The largest absolute Gasteiger partial charge is 0.310 e. The highest BCUT2D eigenvalue weighted by Gasteiger charge is 2.52. The van der Waals surface area contributed by atoms with Crippen molar-refractivity contribution in [2.45, 2.75) is 123 Å². The highest BCUT2D eigenvalue weighted by molar-refractivity contribution is 5.54. The Balaban J connectivity index is 1.55. The molecule has 0 aliphatic heterocycles. The minimum absolute atomic E-state index is 0.0906. The zero-order valence-electron chi connectivity index (χ0n) is 26.8. The summed E-state index contributed by atoms with van der Waals surface area (Å²) in [6, 6.07) is 7.99. The zero-order valence-corrected chi connectivity index (χ0v) is 26.8. The van der Waals surface area contributed by atoms with E-state index in [0.717, 1.165) is 23.7 Å². The Morgan fingerprint density at radius 3 is 2.05 bits per heavy atom. The molecule has 1 heterocycles. The summed E-state index contributed by atoms with van der Waals surface area (Å²) >= 11 is 0. The van der Waals surface area contributed by atoms with Crippen LogP contribution in [0.1, 0.15) is 122 Å². The van der Waals surface area contributed by atoms with Crippen LogP contribution < -0.4 is 0 Å². The molecule has 4 atom stereocenters. The second-order valence-electron chi connectivity index (χ2n) is 14.8. The first-order valence-corrected chi connectivity index (χ1v) is 16.8. The van der Waals surface area contributed by atoms with E-state index in [9.17, 15) is 0 Å². The summed E-state index contributed by atoms with van der Waals surface area (Å²) in [5.74, 6) is 4.08. The molecule has 4 unspecified atom stereocenters. The van der Waals surface area contributed by atoms with Crippen molar-refractivity contribution in [1.82, 2.24) is 15.2 Å². The summed E-state index contributed by atoms with van der Waals surface area (Å²) < 4.78 is 0. The summed E-state index contributed by atoms with van der Waals surface area (Å²) in [6.07, 6.45) is 17.1. The SMILES string of the molecule is [C-]#[N+]C(COOC)C(CC1C(C2(C)CCCCC2)CC(C)CC1C1(C)CCCCC1)c1nc(-c2ccc(C)cc2)n[nH]1. The summed E-state index contributed by atoms with van der Waals surface area (Å²) in [5, 5.41) is 7.99. The molecular formula is C36H54N4O2. The monoisotopic (exact) mass is 574 g/mol. The molecule has 42 heavy (non-hydrogen) atoms. The van der Waals surface area contributed by atoms with Gasteiger partial charge in [-0.3, -0.25) is 5.10 Å². The predicted molar refractivity (Wildman–Crippen MR) is 169 cm³/mol. The van der Waals surface area contributed by atoms with E-state index in [1.54, 1.807) is 0 Å². The third-order valence-corrected chi connectivity index (χ3v) is 11.8. The minimum Gasteiger partial charge on any atom is -0.310 e. The molecule has 0 saturated heterocycles. The predicted octanol–water partition coefficient (Wildman–Crippen LogP) is 9.34. The van der Waals surface area contributed by atoms with Crippen molar-refractivity contribution < 1.29 is 9.78 Å². The Bertz CT molecular complexity index is 1140. The fourth-order valence-corrected chi connectivity index (χ4v) is 9.38. The number of rotatable bonds is 10. The van der Waals surface area contributed by atoms with Gasteiger partial charge in [-0.15, -0.1) is 0 Å². The van der Waals surface area contributed by atoms with E-state index in [4.69, 9.17) is 21.3 Å². The molecule has 6 nitrogen and oxygen atoms in total. The quantitative estimate of drug-likeness (QED) is 0.174. The molecule has 3 fully saturated rings. The summed E-state index contributed by atoms with van der Waals surface area (Å²) in [4.78, 5) is 19.7. The van der Waals surface area contributed by atoms with Crippen LogP contribution in [0.5, 0.6) is 0 Å². The molecular weight excluding hydrogens is 520 g/mol. The van der Waals surface area contributed by atoms with Gasteiger partial charge in [-0.25, -0.2) is 21.3 Å². The number of aromatic nitrogens is 3. The Hall–Kier alpha value is -2.23. The highest BCUT2D eigenvalue weighted by Crippen LogP contribution is 2.60. The maximum Gasteiger partial charge on any atom is 0.259 e. The molecule has 230 valence electrons. The van der Waals surface area contributed by atoms with Crippen LogP contribution in [0.2, 0.25) is 0 Å². The molecule has 0 bridgehead atoms. The minimum atomic E-state index is -0.386. The van der Waals surface area contributed by atoms with Crippen molar-refractivity contribution in [2.24, 2.45) is 34.5 Å². The van der Waals surface area contributed by atoms with Gasteiger partial charge in [-0.1, -0.05) is 89.1 Å². The lowest BCUT2D eigenvalue weighted by atomic mass is 9.48. The molecule has 3 aliphatic carbocycles. The van der Waals surface area contributed by atoms with Crippen molar-refractivity contribution in [3.8, 4) is 11.4 Å². The van der Waals surface area contributed by atoms with E-state index < -0.39 is 0 Å². The molecule has 5 rings (SSSR count). The van der Waals surface area contributed by atoms with Crippen LogP contribution in [0.25, 0.3) is 16.2 Å². The lowest BCUT2D eigenvalue weighted by Crippen LogP contribution is -2.48. The summed E-state index contributed by atoms with van der Waals surface area (Å²) in [5.41, 5.74) is 2.96. The maximum absolute atomic E-state index is 8.26. The van der Waals surface area contributed by atoms with Crippen molar-refractivity contribution in [3.05, 3.63) is 47.1 Å². The van der Waals surface area contributed by atoms with Gasteiger partial charge in [0.15, 0.2) is 12.4 Å². The summed E-state index contributed by atoms with van der Waals surface area (Å²) in [6.45, 7) is 18.3. The number of hydrogen-bond acceptors (Lipinski definition) is 4. The standard InChI is InChI=1S/C36H54N4O2/c1-25-13-15-27(16-14-25)33-38-34(40-39-33)29(32(37-5)24-42-41-6)23-28-30(35(3)17-9-7-10-18-35)21-26(2)22-31(28)36(4)19-11-8-12-20-36/h13-16,26,28-32H,7-12,17-24H2,1-4,6H3,(H,38,39,40). The molecule has 1 N–H and O–H groups in total. The molecule has 1 aromatic carbocycles. The van der Waals surface area contributed by atoms with E-state index in [0.29, 0.717) is 34.4 Å². The van der Waals surface area contributed by atoms with Crippen molar-refractivity contribution in [1.29, 1.82) is 0 Å². The van der Waals surface area contributed by atoms with E-state index >= 15 is 0 Å². The zero-order chi connectivity index (χ0) is 29.7. The average molecular weight is 575 g/mol. The molecule has 6 heteroatoms. The van der Waals surface area contributed by atoms with Gasteiger partial charge in [0, 0.05) is 5.56 Å². The van der Waals surface area contributed by atoms with E-state index in [-0.39, 0.29) is 18.6 Å². The van der Waals surface area contributed by atoms with Crippen molar-refractivity contribution in [3.63, 3.8) is 0 Å². The van der Waals surface area contributed by atoms with Crippen molar-refractivity contribution >= 4 is 0 Å². The van der Waals surface area contributed by atoms with Crippen LogP contribution in [0, 0.1) is 48.0 Å². The van der Waals surface area contributed by atoms with Crippen LogP contribution in [0.15, 0.2) is 24.3 Å². The first-order valence-electron chi connectivity index (χ1n) is 16.8. The third kappa shape index (κ3) is 6.78. The van der Waals surface area contributed by atoms with Gasteiger partial charge in [0.1, 0.15) is 5.82 Å². The van der Waals surface area contributed by atoms with Crippen LogP contribution in [0.3, 0.4) is 0 Å². The van der Waals surface area contributed by atoms with Crippen LogP contribution in [0.4, 0.5) is 0 Å². The molecule has 0 radical (unpaired) electrons. The molecule has 0 amide bonds. The number of aryl methyl sites for hydroxylation is 1. The highest BCUT2D eigenvalue weighted by atomic mass is 17.2. The Kier molecular flexibility index (Phi) is 10.1. The normalized spacial score (nSPS) is 29.0. The van der Waals surface area contributed by atoms with Gasteiger partial charge < -0.3 is 4.85 Å². The van der Waals surface area contributed by atoms with E-state index in [2.05, 4.69) is 67.0 Å². The Morgan fingerprint density at radius 2 is 1.52 bits per heavy atom. The number of benzene rings is 1. The molecule has 0 spiro atoms. The van der Waals surface area contributed by atoms with E-state index in [1.165, 1.54) is 89.7 Å². The van der Waals surface area contributed by atoms with Gasteiger partial charge in [0.25, 0.3) is 6.04 Å². The Labute approximate surface area is 254 Å². The fraction of sp³-hybridized carbons (Fsp3) is 0.750. The van der Waals surface area contributed by atoms with Crippen LogP contribution in [-0.2, 0) is 9.78 Å². The molecule has 3 saturated carbocycles. The number of aromatic amines is 1. The lowest BCUT2D eigenvalue weighted by Gasteiger charge is -2.56. The average Bonchev–Trinajstić information content (AvgIpc) is 3.48. The second kappa shape index (κ2) is 13.6. The maximum atomic E-state index is 8.26. The number of nitrogens with one attached hydrogen (secondary N) is 1. The van der Waals surface area contributed by atoms with Crippen LogP contribution in [-0.4, -0.2) is 34.9 Å². The van der Waals surface area contributed by atoms with E-state index in [1.807, 2.05) is 0 Å². The number of nitrogens with zero attached hydrogens (tertiary/aromatic N) is 3. The number of H-pyrrole nitrogens is 1. The fourth-order valence-electron chi connectivity index (χ4n) is 9.38. The molecule has 2 aromatic rings. The van der Waals surface area contributed by atoms with Gasteiger partial charge >= 0.3 is 0 Å². The van der Waals surface area contributed by atoms with Crippen molar-refractivity contribution in [2.75, 3.05) is 13.7 Å². The first-order chi connectivity index (χ1) is 20.3. The first kappa shape index (κ1) is 31.2. The number of hydrogen-bond donors (Lipinski definition) is 1. The Morgan fingerprint density at radius 1 is 0.952 bits per heavy atom.